The van der Waals surface area contributed by atoms with Crippen molar-refractivity contribution in [3.8, 4) is 0 Å². The first kappa shape index (κ1) is 12.3. The van der Waals surface area contributed by atoms with Gasteiger partial charge in [-0.15, -0.1) is 0 Å². The fourth-order valence-corrected chi connectivity index (χ4v) is 1.92. The van der Waals surface area contributed by atoms with E-state index in [1.54, 1.807) is 0 Å². The van der Waals surface area contributed by atoms with E-state index >= 15 is 0 Å². The standard InChI is InChI=1S/C12H20N2O3/c1-2-17-12(14-5-9-16-10-6-14)11-13-3-7-15-8-4-13/h2,11H,1,3-10H2/b12-11-. The fraction of sp³-hybridized carbons (Fsp3) is 0.667. The van der Waals surface area contributed by atoms with Gasteiger partial charge in [0.05, 0.1) is 38.9 Å². The summed E-state index contributed by atoms with van der Waals surface area (Å²) in [4.78, 5) is 4.40. The molecule has 0 aromatic heterocycles. The number of nitrogens with zero attached hydrogens (tertiary/aromatic N) is 2. The molecule has 5 nitrogen and oxygen atoms in total. The molecule has 0 N–H and O–H groups in total. The second-order valence-corrected chi connectivity index (χ2v) is 4.00. The van der Waals surface area contributed by atoms with Gasteiger partial charge in [0.1, 0.15) is 0 Å². The summed E-state index contributed by atoms with van der Waals surface area (Å²) in [6, 6.07) is 0. The van der Waals surface area contributed by atoms with Crippen LogP contribution in [0.1, 0.15) is 0 Å². The second kappa shape index (κ2) is 6.51. The molecule has 2 heterocycles. The Bertz CT molecular complexity index is 269. The minimum atomic E-state index is 0.751. The summed E-state index contributed by atoms with van der Waals surface area (Å²) in [6.45, 7) is 10.2. The minimum absolute atomic E-state index is 0.751. The molecule has 2 fully saturated rings. The maximum atomic E-state index is 5.50. The first-order valence-corrected chi connectivity index (χ1v) is 6.04. The van der Waals surface area contributed by atoms with Crippen molar-refractivity contribution >= 4 is 0 Å². The van der Waals surface area contributed by atoms with Gasteiger partial charge in [-0.05, 0) is 0 Å². The van der Waals surface area contributed by atoms with Gasteiger partial charge in [0.15, 0.2) is 0 Å². The van der Waals surface area contributed by atoms with Crippen molar-refractivity contribution in [3.63, 3.8) is 0 Å². The molecular weight excluding hydrogens is 220 g/mol. The minimum Gasteiger partial charge on any atom is -0.448 e. The molecule has 17 heavy (non-hydrogen) atoms. The fourth-order valence-electron chi connectivity index (χ4n) is 1.92. The van der Waals surface area contributed by atoms with Crippen LogP contribution in [0, 0.1) is 0 Å². The molecule has 2 rings (SSSR count). The molecule has 0 spiro atoms. The molecular formula is C12H20N2O3. The Morgan fingerprint density at radius 3 is 2.18 bits per heavy atom. The third-order valence-corrected chi connectivity index (χ3v) is 2.87. The van der Waals surface area contributed by atoms with Crippen LogP contribution >= 0.6 is 0 Å². The van der Waals surface area contributed by atoms with Crippen molar-refractivity contribution in [1.29, 1.82) is 0 Å². The SMILES string of the molecule is C=CO/C(=C\N1CCOCC1)N1CCOCC1. The maximum Gasteiger partial charge on any atom is 0.211 e. The lowest BCUT2D eigenvalue weighted by Gasteiger charge is -2.32. The molecule has 2 saturated heterocycles. The summed E-state index contributed by atoms with van der Waals surface area (Å²) in [6.07, 6.45) is 3.53. The van der Waals surface area contributed by atoms with Crippen LogP contribution in [-0.4, -0.2) is 62.4 Å². The largest absolute Gasteiger partial charge is 0.448 e. The normalized spacial score (nSPS) is 22.5. The monoisotopic (exact) mass is 240 g/mol. The zero-order chi connectivity index (χ0) is 11.9. The lowest BCUT2D eigenvalue weighted by molar-refractivity contribution is 0.0222. The van der Waals surface area contributed by atoms with Crippen LogP contribution in [0.25, 0.3) is 0 Å². The Kier molecular flexibility index (Phi) is 4.70. The third kappa shape index (κ3) is 3.64. The highest BCUT2D eigenvalue weighted by atomic mass is 16.5. The molecule has 0 aromatic carbocycles. The molecule has 0 unspecified atom stereocenters. The van der Waals surface area contributed by atoms with Crippen LogP contribution in [0.3, 0.4) is 0 Å². The van der Waals surface area contributed by atoms with E-state index in [0.717, 1.165) is 58.5 Å². The van der Waals surface area contributed by atoms with E-state index in [4.69, 9.17) is 14.2 Å². The van der Waals surface area contributed by atoms with Crippen molar-refractivity contribution in [2.24, 2.45) is 0 Å². The number of rotatable bonds is 4. The lowest BCUT2D eigenvalue weighted by Crippen LogP contribution is -2.38. The number of hydrogen-bond donors (Lipinski definition) is 0. The molecule has 0 bridgehead atoms. The quantitative estimate of drug-likeness (QED) is 0.673. The van der Waals surface area contributed by atoms with E-state index in [1.165, 1.54) is 6.26 Å². The molecule has 96 valence electrons. The maximum absolute atomic E-state index is 5.50. The van der Waals surface area contributed by atoms with Gasteiger partial charge >= 0.3 is 0 Å². The third-order valence-electron chi connectivity index (χ3n) is 2.87. The zero-order valence-corrected chi connectivity index (χ0v) is 10.1. The number of hydrogen-bond acceptors (Lipinski definition) is 5. The average molecular weight is 240 g/mol. The van der Waals surface area contributed by atoms with Gasteiger partial charge in [0, 0.05) is 26.2 Å². The smallest absolute Gasteiger partial charge is 0.211 e. The Balaban J connectivity index is 1.98. The Hall–Kier alpha value is -1.20. The second-order valence-electron chi connectivity index (χ2n) is 4.00. The van der Waals surface area contributed by atoms with Crippen molar-refractivity contribution in [3.05, 3.63) is 24.9 Å². The van der Waals surface area contributed by atoms with Crippen molar-refractivity contribution in [2.75, 3.05) is 52.6 Å². The average Bonchev–Trinajstić information content (AvgIpc) is 2.40. The lowest BCUT2D eigenvalue weighted by atomic mass is 10.4. The summed E-state index contributed by atoms with van der Waals surface area (Å²) >= 11 is 0. The summed E-state index contributed by atoms with van der Waals surface area (Å²) in [5.41, 5.74) is 0. The molecule has 5 heteroatoms. The Morgan fingerprint density at radius 2 is 1.59 bits per heavy atom. The highest BCUT2D eigenvalue weighted by molar-refractivity contribution is 4.96. The van der Waals surface area contributed by atoms with E-state index in [1.807, 2.05) is 0 Å². The van der Waals surface area contributed by atoms with Crippen molar-refractivity contribution in [1.82, 2.24) is 9.80 Å². The summed E-state index contributed by atoms with van der Waals surface area (Å²) < 4.78 is 16.2. The van der Waals surface area contributed by atoms with Gasteiger partial charge in [-0.2, -0.15) is 0 Å². The first-order valence-electron chi connectivity index (χ1n) is 6.04. The van der Waals surface area contributed by atoms with Gasteiger partial charge in [-0.3, -0.25) is 0 Å². The van der Waals surface area contributed by atoms with Crippen LogP contribution < -0.4 is 0 Å². The van der Waals surface area contributed by atoms with Gasteiger partial charge in [-0.1, -0.05) is 6.58 Å². The first-order chi connectivity index (χ1) is 8.40. The molecule has 2 aliphatic heterocycles. The highest BCUT2D eigenvalue weighted by Crippen LogP contribution is 2.12. The van der Waals surface area contributed by atoms with Gasteiger partial charge in [0.2, 0.25) is 5.88 Å². The van der Waals surface area contributed by atoms with Crippen LogP contribution in [0.4, 0.5) is 0 Å². The predicted molar refractivity (Wildman–Crippen MR) is 64.1 cm³/mol. The van der Waals surface area contributed by atoms with Gasteiger partial charge in [0.25, 0.3) is 0 Å². The van der Waals surface area contributed by atoms with Gasteiger partial charge in [-0.25, -0.2) is 0 Å². The van der Waals surface area contributed by atoms with E-state index in [2.05, 4.69) is 22.6 Å². The number of ether oxygens (including phenoxy) is 3. The van der Waals surface area contributed by atoms with E-state index in [-0.39, 0.29) is 0 Å². The molecule has 0 radical (unpaired) electrons. The molecule has 0 atom stereocenters. The van der Waals surface area contributed by atoms with E-state index in [9.17, 15) is 0 Å². The predicted octanol–water partition coefficient (Wildman–Crippen LogP) is 0.610. The summed E-state index contributed by atoms with van der Waals surface area (Å²) in [7, 11) is 0. The van der Waals surface area contributed by atoms with Gasteiger partial charge < -0.3 is 24.0 Å². The van der Waals surface area contributed by atoms with Crippen LogP contribution in [0.2, 0.25) is 0 Å². The van der Waals surface area contributed by atoms with Crippen molar-refractivity contribution in [2.45, 2.75) is 0 Å². The Morgan fingerprint density at radius 1 is 1.00 bits per heavy atom. The molecule has 0 aliphatic carbocycles. The Labute approximate surface area is 102 Å². The van der Waals surface area contributed by atoms with Crippen LogP contribution in [0.5, 0.6) is 0 Å². The van der Waals surface area contributed by atoms with Crippen LogP contribution in [0.15, 0.2) is 24.9 Å². The molecule has 0 aromatic rings. The molecule has 0 saturated carbocycles. The number of morpholine rings is 2. The van der Waals surface area contributed by atoms with E-state index in [0.29, 0.717) is 0 Å². The molecule has 2 aliphatic rings. The van der Waals surface area contributed by atoms with Crippen molar-refractivity contribution < 1.29 is 14.2 Å². The summed E-state index contributed by atoms with van der Waals surface area (Å²) in [5, 5.41) is 0. The summed E-state index contributed by atoms with van der Waals surface area (Å²) in [5.74, 6) is 0.852. The van der Waals surface area contributed by atoms with Crippen LogP contribution in [-0.2, 0) is 14.2 Å². The zero-order valence-electron chi connectivity index (χ0n) is 10.1. The highest BCUT2D eigenvalue weighted by Gasteiger charge is 2.16. The topological polar surface area (TPSA) is 34.2 Å². The van der Waals surface area contributed by atoms with E-state index < -0.39 is 0 Å². The molecule has 0 amide bonds.